The van der Waals surface area contributed by atoms with Gasteiger partial charge in [-0.3, -0.25) is 14.6 Å². The van der Waals surface area contributed by atoms with E-state index in [1.54, 1.807) is 43.3 Å². The molecule has 0 aliphatic heterocycles. The molecule has 0 aliphatic rings. The number of aliphatic carboxylic acids is 1. The molecule has 0 saturated carbocycles. The zero-order valence-electron chi connectivity index (χ0n) is 11.6. The summed E-state index contributed by atoms with van der Waals surface area (Å²) in [6.45, 7) is 6.02. The van der Waals surface area contributed by atoms with Crippen molar-refractivity contribution in [3.05, 3.63) is 24.5 Å². The molecule has 0 aromatic carbocycles. The maximum Gasteiger partial charge on any atom is 0.303 e. The molecule has 1 aromatic rings. The van der Waals surface area contributed by atoms with E-state index in [0.717, 1.165) is 5.69 Å². The Morgan fingerprint density at radius 1 is 1.26 bits per heavy atom. The third-order valence-corrected chi connectivity index (χ3v) is 2.85. The average Bonchev–Trinajstić information content (AvgIpc) is 2.28. The van der Waals surface area contributed by atoms with Gasteiger partial charge in [0.25, 0.3) is 0 Å². The number of rotatable bonds is 6. The van der Waals surface area contributed by atoms with Crippen LogP contribution < -0.4 is 4.90 Å². The van der Waals surface area contributed by atoms with Gasteiger partial charge in [-0.1, -0.05) is 13.8 Å². The number of nitrogens with zero attached hydrogens (tertiary/aromatic N) is 2. The van der Waals surface area contributed by atoms with Crippen LogP contribution in [0.2, 0.25) is 0 Å². The summed E-state index contributed by atoms with van der Waals surface area (Å²) in [6.07, 6.45) is 3.45. The summed E-state index contributed by atoms with van der Waals surface area (Å²) in [6, 6.07) is 3.54. The van der Waals surface area contributed by atoms with Crippen molar-refractivity contribution in [2.24, 2.45) is 5.41 Å². The highest BCUT2D eigenvalue weighted by molar-refractivity contribution is 5.93. The standard InChI is InChI=1S/C14H20N2O3/c1-4-16(11-5-7-15-8-6-11)12(17)9-14(2,3)10-13(18)19/h5-8H,4,9-10H2,1-3H3,(H,18,19). The molecule has 0 unspecified atom stereocenters. The van der Waals surface area contributed by atoms with Gasteiger partial charge in [0.05, 0.1) is 6.42 Å². The minimum absolute atomic E-state index is 0.0212. The number of hydrogen-bond acceptors (Lipinski definition) is 3. The van der Waals surface area contributed by atoms with Crippen LogP contribution in [0, 0.1) is 5.41 Å². The van der Waals surface area contributed by atoms with E-state index < -0.39 is 11.4 Å². The highest BCUT2D eigenvalue weighted by Crippen LogP contribution is 2.27. The van der Waals surface area contributed by atoms with E-state index in [1.165, 1.54) is 0 Å². The summed E-state index contributed by atoms with van der Waals surface area (Å²) < 4.78 is 0. The molecule has 0 aliphatic carbocycles. The maximum atomic E-state index is 12.3. The molecule has 0 spiro atoms. The topological polar surface area (TPSA) is 70.5 Å². The minimum atomic E-state index is -0.884. The monoisotopic (exact) mass is 264 g/mol. The second kappa shape index (κ2) is 6.31. The number of aromatic nitrogens is 1. The Kier molecular flexibility index (Phi) is 5.03. The van der Waals surface area contributed by atoms with Gasteiger partial charge in [0, 0.05) is 31.0 Å². The predicted octanol–water partition coefficient (Wildman–Crippen LogP) is 2.33. The number of carboxylic acid groups (broad SMARTS) is 1. The minimum Gasteiger partial charge on any atom is -0.481 e. The molecule has 0 atom stereocenters. The lowest BCUT2D eigenvalue weighted by Crippen LogP contribution is -2.34. The summed E-state index contributed by atoms with van der Waals surface area (Å²) in [5, 5.41) is 8.84. The van der Waals surface area contributed by atoms with Gasteiger partial charge in [-0.25, -0.2) is 0 Å². The van der Waals surface area contributed by atoms with Crippen molar-refractivity contribution in [2.75, 3.05) is 11.4 Å². The van der Waals surface area contributed by atoms with Crippen LogP contribution in [0.4, 0.5) is 5.69 Å². The molecule has 5 nitrogen and oxygen atoms in total. The molecule has 0 radical (unpaired) electrons. The van der Waals surface area contributed by atoms with Crippen molar-refractivity contribution < 1.29 is 14.7 Å². The van der Waals surface area contributed by atoms with E-state index in [9.17, 15) is 9.59 Å². The first kappa shape index (κ1) is 15.1. The van der Waals surface area contributed by atoms with Gasteiger partial charge < -0.3 is 10.0 Å². The van der Waals surface area contributed by atoms with Crippen molar-refractivity contribution in [1.29, 1.82) is 0 Å². The SMILES string of the molecule is CCN(C(=O)CC(C)(C)CC(=O)O)c1ccncc1. The Hall–Kier alpha value is -1.91. The Labute approximate surface area is 113 Å². The first-order chi connectivity index (χ1) is 8.85. The normalized spacial score (nSPS) is 11.1. The van der Waals surface area contributed by atoms with Gasteiger partial charge >= 0.3 is 5.97 Å². The van der Waals surface area contributed by atoms with Crippen LogP contribution in [0.1, 0.15) is 33.6 Å². The van der Waals surface area contributed by atoms with Gasteiger partial charge in [0.15, 0.2) is 0 Å². The predicted molar refractivity (Wildman–Crippen MR) is 72.9 cm³/mol. The van der Waals surface area contributed by atoms with Crippen LogP contribution in [-0.4, -0.2) is 28.5 Å². The van der Waals surface area contributed by atoms with Crippen molar-refractivity contribution >= 4 is 17.6 Å². The quantitative estimate of drug-likeness (QED) is 0.856. The van der Waals surface area contributed by atoms with Crippen molar-refractivity contribution in [1.82, 2.24) is 4.98 Å². The van der Waals surface area contributed by atoms with E-state index in [0.29, 0.717) is 6.54 Å². The summed E-state index contributed by atoms with van der Waals surface area (Å²) >= 11 is 0. The fraction of sp³-hybridized carbons (Fsp3) is 0.500. The van der Waals surface area contributed by atoms with E-state index in [1.807, 2.05) is 6.92 Å². The average molecular weight is 264 g/mol. The number of hydrogen-bond donors (Lipinski definition) is 1. The first-order valence-corrected chi connectivity index (χ1v) is 6.28. The number of amides is 1. The lowest BCUT2D eigenvalue weighted by molar-refractivity contribution is -0.139. The third-order valence-electron chi connectivity index (χ3n) is 2.85. The fourth-order valence-corrected chi connectivity index (χ4v) is 2.00. The van der Waals surface area contributed by atoms with Gasteiger partial charge in [-0.15, -0.1) is 0 Å². The largest absolute Gasteiger partial charge is 0.481 e. The van der Waals surface area contributed by atoms with Gasteiger partial charge in [0.2, 0.25) is 5.91 Å². The molecule has 1 aromatic heterocycles. The number of anilines is 1. The molecular formula is C14H20N2O3. The molecule has 1 N–H and O–H groups in total. The Bertz CT molecular complexity index is 443. The zero-order valence-corrected chi connectivity index (χ0v) is 11.6. The highest BCUT2D eigenvalue weighted by Gasteiger charge is 2.27. The molecule has 1 rings (SSSR count). The van der Waals surface area contributed by atoms with Crippen LogP contribution in [0.25, 0.3) is 0 Å². The summed E-state index contributed by atoms with van der Waals surface area (Å²) in [5.74, 6) is -0.954. The van der Waals surface area contributed by atoms with Gasteiger partial charge in [-0.05, 0) is 24.5 Å². The Morgan fingerprint density at radius 2 is 1.84 bits per heavy atom. The molecule has 1 amide bonds. The van der Waals surface area contributed by atoms with Crippen LogP contribution >= 0.6 is 0 Å². The Morgan fingerprint density at radius 3 is 2.32 bits per heavy atom. The maximum absolute atomic E-state index is 12.3. The van der Waals surface area contributed by atoms with Crippen LogP contribution in [-0.2, 0) is 9.59 Å². The molecule has 0 bridgehead atoms. The van der Waals surface area contributed by atoms with Crippen molar-refractivity contribution in [3.8, 4) is 0 Å². The van der Waals surface area contributed by atoms with Crippen LogP contribution in [0.5, 0.6) is 0 Å². The third kappa shape index (κ3) is 4.69. The number of carbonyl (C=O) groups excluding carboxylic acids is 1. The Balaban J connectivity index is 2.78. The van der Waals surface area contributed by atoms with Crippen LogP contribution in [0.3, 0.4) is 0 Å². The molecule has 0 fully saturated rings. The fourth-order valence-electron chi connectivity index (χ4n) is 2.00. The zero-order chi connectivity index (χ0) is 14.5. The van der Waals surface area contributed by atoms with E-state index in [2.05, 4.69) is 4.98 Å². The second-order valence-electron chi connectivity index (χ2n) is 5.25. The lowest BCUT2D eigenvalue weighted by atomic mass is 9.85. The molecule has 0 saturated heterocycles. The van der Waals surface area contributed by atoms with Gasteiger partial charge in [-0.2, -0.15) is 0 Å². The molecule has 1 heterocycles. The van der Waals surface area contributed by atoms with Gasteiger partial charge in [0.1, 0.15) is 0 Å². The second-order valence-corrected chi connectivity index (χ2v) is 5.25. The molecule has 5 heteroatoms. The number of pyridine rings is 1. The first-order valence-electron chi connectivity index (χ1n) is 6.28. The van der Waals surface area contributed by atoms with E-state index in [-0.39, 0.29) is 18.7 Å². The summed E-state index contributed by atoms with van der Waals surface area (Å²) in [5.41, 5.74) is 0.234. The molecule has 104 valence electrons. The lowest BCUT2D eigenvalue weighted by Gasteiger charge is -2.27. The van der Waals surface area contributed by atoms with Crippen molar-refractivity contribution in [3.63, 3.8) is 0 Å². The highest BCUT2D eigenvalue weighted by atomic mass is 16.4. The van der Waals surface area contributed by atoms with Crippen molar-refractivity contribution in [2.45, 2.75) is 33.6 Å². The molecular weight excluding hydrogens is 244 g/mol. The van der Waals surface area contributed by atoms with E-state index >= 15 is 0 Å². The molecule has 19 heavy (non-hydrogen) atoms. The summed E-state index contributed by atoms with van der Waals surface area (Å²) in [7, 11) is 0. The number of carbonyl (C=O) groups is 2. The van der Waals surface area contributed by atoms with Crippen LogP contribution in [0.15, 0.2) is 24.5 Å². The number of carboxylic acids is 1. The summed E-state index contributed by atoms with van der Waals surface area (Å²) in [4.78, 5) is 28.6. The van der Waals surface area contributed by atoms with E-state index in [4.69, 9.17) is 5.11 Å². The smallest absolute Gasteiger partial charge is 0.303 e.